The van der Waals surface area contributed by atoms with Crippen LogP contribution in [0.3, 0.4) is 0 Å². The fourth-order valence-corrected chi connectivity index (χ4v) is 4.39. The highest BCUT2D eigenvalue weighted by Crippen LogP contribution is 2.24. The molecule has 0 aliphatic rings. The molecule has 0 spiro atoms. The van der Waals surface area contributed by atoms with E-state index in [1.54, 1.807) is 0 Å². The molecule has 1 nitrogen and oxygen atoms in total. The first-order valence-corrected chi connectivity index (χ1v) is 12.1. The third-order valence-electron chi connectivity index (χ3n) is 4.20. The second-order valence-electron chi connectivity index (χ2n) is 7.73. The van der Waals surface area contributed by atoms with Gasteiger partial charge in [-0.05, 0) is 45.9 Å². The molecule has 3 rings (SSSR count). The fourth-order valence-electron chi connectivity index (χ4n) is 2.99. The molecule has 0 N–H and O–H groups in total. The summed E-state index contributed by atoms with van der Waals surface area (Å²) in [5.41, 5.74) is 2.69. The monoisotopic (exact) mass is 335 g/mol. The Labute approximate surface area is 149 Å². The Balaban J connectivity index is 2.19. The third kappa shape index (κ3) is 3.59. The van der Waals surface area contributed by atoms with E-state index in [0.717, 1.165) is 22.0 Å². The number of benzene rings is 2. The van der Waals surface area contributed by atoms with Crippen molar-refractivity contribution in [2.45, 2.75) is 39.9 Å². The van der Waals surface area contributed by atoms with Crippen LogP contribution in [-0.2, 0) is 6.37 Å². The molecule has 2 aromatic carbocycles. The first-order chi connectivity index (χ1) is 12.1. The fraction of sp³-hybridized carbons (Fsp3) is 0.318. The van der Waals surface area contributed by atoms with Crippen LogP contribution in [0.2, 0.25) is 19.6 Å². The van der Waals surface area contributed by atoms with E-state index >= 15 is 0 Å². The highest BCUT2D eigenvalue weighted by Gasteiger charge is 2.21. The van der Waals surface area contributed by atoms with Crippen LogP contribution >= 0.6 is 0 Å². The van der Waals surface area contributed by atoms with Crippen molar-refractivity contribution in [3.05, 3.63) is 60.3 Å². The summed E-state index contributed by atoms with van der Waals surface area (Å²) in [7, 11) is -1.70. The van der Waals surface area contributed by atoms with Gasteiger partial charge in [-0.2, -0.15) is 0 Å². The Morgan fingerprint density at radius 3 is 2.38 bits per heavy atom. The molecule has 0 atom stereocenters. The molecule has 0 bridgehead atoms. The number of hydrogen-bond donors (Lipinski definition) is 0. The summed E-state index contributed by atoms with van der Waals surface area (Å²) in [6, 6.07) is 16.6. The second-order valence-corrected chi connectivity index (χ2v) is 12.8. The zero-order valence-corrected chi connectivity index (χ0v) is 16.2. The molecule has 1 aromatic heterocycles. The third-order valence-corrected chi connectivity index (χ3v) is 6.22. The molecular formula is C22H27NSi. The second kappa shape index (κ2) is 6.52. The topological polar surface area (TPSA) is 12.9 Å². The molecule has 0 fully saturated rings. The van der Waals surface area contributed by atoms with Crippen LogP contribution in [0.25, 0.3) is 22.0 Å². The number of nitrogens with zero attached hydrogens (tertiary/aromatic N) is 1. The van der Waals surface area contributed by atoms with Crippen molar-refractivity contribution in [1.29, 1.82) is 0 Å². The number of fused-ring (bicyclic) bond motifs is 1. The normalized spacial score (nSPS) is 13.9. The van der Waals surface area contributed by atoms with Gasteiger partial charge in [-0.15, -0.1) is 0 Å². The lowest BCUT2D eigenvalue weighted by Gasteiger charge is -2.22. The van der Waals surface area contributed by atoms with E-state index in [1.165, 1.54) is 10.8 Å². The van der Waals surface area contributed by atoms with Gasteiger partial charge in [0.15, 0.2) is 0 Å². The molecule has 0 saturated heterocycles. The minimum Gasteiger partial charge on any atom is -0.256 e. The van der Waals surface area contributed by atoms with Gasteiger partial charge in [0.25, 0.3) is 0 Å². The average Bonchev–Trinajstić information content (AvgIpc) is 2.60. The van der Waals surface area contributed by atoms with Gasteiger partial charge in [0, 0.05) is 14.5 Å². The molecule has 0 radical (unpaired) electrons. The van der Waals surface area contributed by atoms with Crippen molar-refractivity contribution in [3.63, 3.8) is 0 Å². The summed E-state index contributed by atoms with van der Waals surface area (Å²) >= 11 is 0. The number of aromatic nitrogens is 1. The molecule has 3 aromatic rings. The van der Waals surface area contributed by atoms with E-state index in [2.05, 4.69) is 50.0 Å². The summed E-state index contributed by atoms with van der Waals surface area (Å²) in [5, 5.41) is 3.49. The summed E-state index contributed by atoms with van der Waals surface area (Å²) in [6.07, 6.45) is 0.552. The van der Waals surface area contributed by atoms with E-state index in [-0.39, 0.29) is 5.92 Å². The van der Waals surface area contributed by atoms with Crippen LogP contribution in [0.15, 0.2) is 54.7 Å². The highest BCUT2D eigenvalue weighted by atomic mass is 28.3. The van der Waals surface area contributed by atoms with Crippen LogP contribution in [0.1, 0.15) is 22.2 Å². The van der Waals surface area contributed by atoms with E-state index in [4.69, 9.17) is 7.73 Å². The Morgan fingerprint density at radius 2 is 1.71 bits per heavy atom. The number of rotatable bonds is 4. The SMILES string of the molecule is [2H]C([2H])(c1cc(-c2ccc3ccccc3c2)ncc1[Si](C)(C)C)C(C)C. The lowest BCUT2D eigenvalue weighted by molar-refractivity contribution is 0.649. The van der Waals surface area contributed by atoms with Gasteiger partial charge < -0.3 is 0 Å². The van der Waals surface area contributed by atoms with Crippen molar-refractivity contribution < 1.29 is 2.74 Å². The predicted molar refractivity (Wildman–Crippen MR) is 109 cm³/mol. The summed E-state index contributed by atoms with van der Waals surface area (Å²) in [6.45, 7) is 10.6. The Hall–Kier alpha value is -1.93. The quantitative estimate of drug-likeness (QED) is 0.562. The van der Waals surface area contributed by atoms with Crippen molar-refractivity contribution in [1.82, 2.24) is 4.98 Å². The molecule has 124 valence electrons. The molecule has 24 heavy (non-hydrogen) atoms. The zero-order valence-electron chi connectivity index (χ0n) is 17.2. The maximum absolute atomic E-state index is 8.69. The molecule has 0 saturated carbocycles. The maximum atomic E-state index is 8.69. The molecular weight excluding hydrogens is 306 g/mol. The van der Waals surface area contributed by atoms with E-state index in [0.29, 0.717) is 0 Å². The van der Waals surface area contributed by atoms with Crippen molar-refractivity contribution in [3.8, 4) is 11.3 Å². The van der Waals surface area contributed by atoms with Gasteiger partial charge in [-0.1, -0.05) is 69.9 Å². The zero-order chi connectivity index (χ0) is 19.1. The lowest BCUT2D eigenvalue weighted by atomic mass is 10.00. The lowest BCUT2D eigenvalue weighted by Crippen LogP contribution is -2.40. The average molecular weight is 336 g/mol. The molecule has 1 heterocycles. The van der Waals surface area contributed by atoms with Gasteiger partial charge in [0.05, 0.1) is 13.8 Å². The van der Waals surface area contributed by atoms with Gasteiger partial charge in [-0.3, -0.25) is 4.98 Å². The summed E-state index contributed by atoms with van der Waals surface area (Å²) < 4.78 is 17.4. The van der Waals surface area contributed by atoms with Gasteiger partial charge in [0.2, 0.25) is 0 Å². The molecule has 0 aliphatic heterocycles. The Morgan fingerprint density at radius 1 is 1.00 bits per heavy atom. The molecule has 0 aliphatic carbocycles. The number of hydrogen-bond acceptors (Lipinski definition) is 1. The summed E-state index contributed by atoms with van der Waals surface area (Å²) in [4.78, 5) is 4.72. The molecule has 0 amide bonds. The summed E-state index contributed by atoms with van der Waals surface area (Å²) in [5.74, 6) is -0.0931. The first kappa shape index (κ1) is 14.4. The molecule has 2 heteroatoms. The predicted octanol–water partition coefficient (Wildman–Crippen LogP) is 5.65. The largest absolute Gasteiger partial charge is 0.256 e. The van der Waals surface area contributed by atoms with E-state index < -0.39 is 14.4 Å². The minimum absolute atomic E-state index is 0.0931. The van der Waals surface area contributed by atoms with Gasteiger partial charge >= 0.3 is 0 Å². The van der Waals surface area contributed by atoms with Crippen LogP contribution in [-0.4, -0.2) is 13.1 Å². The van der Waals surface area contributed by atoms with Gasteiger partial charge in [-0.25, -0.2) is 0 Å². The van der Waals surface area contributed by atoms with Crippen LogP contribution in [0, 0.1) is 5.92 Å². The maximum Gasteiger partial charge on any atom is 0.0799 e. The minimum atomic E-state index is -1.70. The highest BCUT2D eigenvalue weighted by molar-refractivity contribution is 6.89. The first-order valence-electron chi connectivity index (χ1n) is 9.61. The van der Waals surface area contributed by atoms with Crippen molar-refractivity contribution in [2.75, 3.05) is 0 Å². The molecule has 0 unspecified atom stereocenters. The Kier molecular flexibility index (Phi) is 3.92. The Bertz CT molecular complexity index is 942. The van der Waals surface area contributed by atoms with E-state index in [9.17, 15) is 0 Å². The van der Waals surface area contributed by atoms with Crippen molar-refractivity contribution >= 4 is 24.0 Å². The van der Waals surface area contributed by atoms with Crippen LogP contribution < -0.4 is 5.19 Å². The van der Waals surface area contributed by atoms with Crippen molar-refractivity contribution in [2.24, 2.45) is 5.92 Å². The van der Waals surface area contributed by atoms with Crippen LogP contribution in [0.5, 0.6) is 0 Å². The van der Waals surface area contributed by atoms with Crippen LogP contribution in [0.4, 0.5) is 0 Å². The van der Waals surface area contributed by atoms with Gasteiger partial charge in [0.1, 0.15) is 0 Å². The van der Waals surface area contributed by atoms with E-state index in [1.807, 2.05) is 38.2 Å². The number of pyridine rings is 1. The standard InChI is InChI=1S/C22H27NSi/c1-16(2)12-20-14-21(23-15-22(20)24(3,4)5)19-11-10-17-8-6-7-9-18(17)13-19/h6-11,13-16H,12H2,1-5H3/i12D2. The smallest absolute Gasteiger partial charge is 0.0799 e.